The van der Waals surface area contributed by atoms with Crippen LogP contribution in [0.1, 0.15) is 72.1 Å². The number of allylic oxidation sites excluding steroid dienone is 3. The fraction of sp³-hybridized carbons (Fsp3) is 0.810. The smallest absolute Gasteiger partial charge is 0.00505 e. The molecule has 0 saturated heterocycles. The van der Waals surface area contributed by atoms with Crippen molar-refractivity contribution in [2.45, 2.75) is 72.1 Å². The SMILES string of the molecule is C=C1CC[C@H]2[C@@H]3CC[C@@H]4C[C@H](C)CC[C@]4(C)C3=CC[C@]12C. The molecule has 0 spiro atoms. The van der Waals surface area contributed by atoms with Crippen molar-refractivity contribution in [2.24, 2.45) is 34.5 Å². The second-order valence-electron chi connectivity index (χ2n) is 9.21. The Morgan fingerprint density at radius 3 is 2.71 bits per heavy atom. The Morgan fingerprint density at radius 2 is 1.90 bits per heavy atom. The molecule has 0 unspecified atom stereocenters. The van der Waals surface area contributed by atoms with Crippen LogP contribution in [-0.2, 0) is 0 Å². The predicted octanol–water partition coefficient (Wildman–Crippen LogP) is 6.14. The number of rotatable bonds is 0. The minimum absolute atomic E-state index is 0.430. The standard InChI is InChI=1S/C21H32/c1-14-9-11-21(4)16(13-14)6-7-17-18-8-5-15(2)20(18,3)12-10-19(17)21/h10,14,16-18H,2,5-9,11-13H2,1,3-4H3/t14-,16-,17+,18+,20-,21+/m1/s1. The highest BCUT2D eigenvalue weighted by Crippen LogP contribution is 2.65. The minimum Gasteiger partial charge on any atom is -0.0993 e. The van der Waals surface area contributed by atoms with Crippen LogP contribution in [0.4, 0.5) is 0 Å². The van der Waals surface area contributed by atoms with Gasteiger partial charge in [0.15, 0.2) is 0 Å². The van der Waals surface area contributed by atoms with Crippen molar-refractivity contribution in [2.75, 3.05) is 0 Å². The van der Waals surface area contributed by atoms with Gasteiger partial charge in [-0.25, -0.2) is 0 Å². The van der Waals surface area contributed by atoms with Crippen LogP contribution in [0.2, 0.25) is 0 Å². The van der Waals surface area contributed by atoms with E-state index in [1.807, 2.05) is 5.57 Å². The summed E-state index contributed by atoms with van der Waals surface area (Å²) in [7, 11) is 0. The van der Waals surface area contributed by atoms with E-state index >= 15 is 0 Å². The Bertz CT molecular complexity index is 498. The van der Waals surface area contributed by atoms with Crippen LogP contribution in [0.15, 0.2) is 23.8 Å². The average Bonchev–Trinajstić information content (AvgIpc) is 2.76. The molecule has 0 radical (unpaired) electrons. The van der Waals surface area contributed by atoms with E-state index in [0.29, 0.717) is 10.8 Å². The highest BCUT2D eigenvalue weighted by molar-refractivity contribution is 5.33. The fourth-order valence-electron chi connectivity index (χ4n) is 6.65. The quantitative estimate of drug-likeness (QED) is 0.469. The average molecular weight is 284 g/mol. The van der Waals surface area contributed by atoms with Crippen LogP contribution in [0.25, 0.3) is 0 Å². The van der Waals surface area contributed by atoms with E-state index in [1.165, 1.54) is 51.4 Å². The zero-order chi connectivity index (χ0) is 14.8. The summed E-state index contributed by atoms with van der Waals surface area (Å²) in [4.78, 5) is 0. The van der Waals surface area contributed by atoms with E-state index in [0.717, 1.165) is 23.7 Å². The van der Waals surface area contributed by atoms with E-state index in [2.05, 4.69) is 33.4 Å². The normalized spacial score (nSPS) is 52.7. The predicted molar refractivity (Wildman–Crippen MR) is 90.0 cm³/mol. The number of hydrogen-bond acceptors (Lipinski definition) is 0. The molecule has 4 aliphatic carbocycles. The van der Waals surface area contributed by atoms with Gasteiger partial charge < -0.3 is 0 Å². The van der Waals surface area contributed by atoms with Gasteiger partial charge in [-0.15, -0.1) is 0 Å². The van der Waals surface area contributed by atoms with Crippen LogP contribution in [0.3, 0.4) is 0 Å². The Hall–Kier alpha value is -0.520. The van der Waals surface area contributed by atoms with E-state index in [9.17, 15) is 0 Å². The largest absolute Gasteiger partial charge is 0.0993 e. The summed E-state index contributed by atoms with van der Waals surface area (Å²) in [5, 5.41) is 0. The van der Waals surface area contributed by atoms with Crippen LogP contribution < -0.4 is 0 Å². The molecular formula is C21H32. The summed E-state index contributed by atoms with van der Waals surface area (Å²) in [6.07, 6.45) is 14.0. The van der Waals surface area contributed by atoms with E-state index in [4.69, 9.17) is 0 Å². The van der Waals surface area contributed by atoms with Crippen molar-refractivity contribution in [1.82, 2.24) is 0 Å². The lowest BCUT2D eigenvalue weighted by molar-refractivity contribution is 0.0353. The Balaban J connectivity index is 1.71. The lowest BCUT2D eigenvalue weighted by Crippen LogP contribution is -2.46. The van der Waals surface area contributed by atoms with Crippen LogP contribution in [0, 0.1) is 34.5 Å². The van der Waals surface area contributed by atoms with Crippen LogP contribution in [-0.4, -0.2) is 0 Å². The maximum Gasteiger partial charge on any atom is -0.00505 e. The van der Waals surface area contributed by atoms with Gasteiger partial charge in [-0.3, -0.25) is 0 Å². The summed E-state index contributed by atoms with van der Waals surface area (Å²) >= 11 is 0. The van der Waals surface area contributed by atoms with Gasteiger partial charge >= 0.3 is 0 Å². The van der Waals surface area contributed by atoms with Gasteiger partial charge in [-0.1, -0.05) is 44.6 Å². The number of fused-ring (bicyclic) bond motifs is 5. The summed E-state index contributed by atoms with van der Waals surface area (Å²) in [5.41, 5.74) is 4.41. The third-order valence-electron chi connectivity index (χ3n) is 8.24. The molecule has 6 atom stereocenters. The van der Waals surface area contributed by atoms with Gasteiger partial charge in [0.2, 0.25) is 0 Å². The molecule has 0 aromatic rings. The van der Waals surface area contributed by atoms with Crippen molar-refractivity contribution in [3.8, 4) is 0 Å². The first kappa shape index (κ1) is 14.1. The molecule has 4 rings (SSSR count). The lowest BCUT2D eigenvalue weighted by Gasteiger charge is -2.56. The van der Waals surface area contributed by atoms with Gasteiger partial charge in [-0.05, 0) is 85.9 Å². The van der Waals surface area contributed by atoms with E-state index in [-0.39, 0.29) is 0 Å². The minimum atomic E-state index is 0.430. The Kier molecular flexibility index (Phi) is 3.02. The molecular weight excluding hydrogens is 252 g/mol. The van der Waals surface area contributed by atoms with Crippen LogP contribution in [0.5, 0.6) is 0 Å². The zero-order valence-corrected chi connectivity index (χ0v) is 14.3. The molecule has 0 aliphatic heterocycles. The lowest BCUT2D eigenvalue weighted by atomic mass is 9.48. The second-order valence-corrected chi connectivity index (χ2v) is 9.21. The van der Waals surface area contributed by atoms with E-state index < -0.39 is 0 Å². The van der Waals surface area contributed by atoms with Gasteiger partial charge in [0.05, 0.1) is 0 Å². The molecule has 21 heavy (non-hydrogen) atoms. The van der Waals surface area contributed by atoms with Gasteiger partial charge in [0.1, 0.15) is 0 Å². The van der Waals surface area contributed by atoms with Crippen LogP contribution >= 0.6 is 0 Å². The molecule has 0 bridgehead atoms. The van der Waals surface area contributed by atoms with Crippen molar-refractivity contribution >= 4 is 0 Å². The highest BCUT2D eigenvalue weighted by Gasteiger charge is 2.55. The first-order valence-corrected chi connectivity index (χ1v) is 9.34. The molecule has 0 heteroatoms. The maximum atomic E-state index is 4.43. The topological polar surface area (TPSA) is 0 Å². The summed E-state index contributed by atoms with van der Waals surface area (Å²) < 4.78 is 0. The van der Waals surface area contributed by atoms with Crippen molar-refractivity contribution < 1.29 is 0 Å². The fourth-order valence-corrected chi connectivity index (χ4v) is 6.65. The maximum absolute atomic E-state index is 4.43. The third kappa shape index (κ3) is 1.80. The molecule has 3 fully saturated rings. The van der Waals surface area contributed by atoms with Crippen molar-refractivity contribution in [3.05, 3.63) is 23.8 Å². The second kappa shape index (κ2) is 4.49. The van der Waals surface area contributed by atoms with Gasteiger partial charge in [-0.2, -0.15) is 0 Å². The number of hydrogen-bond donors (Lipinski definition) is 0. The molecule has 0 N–H and O–H groups in total. The third-order valence-corrected chi connectivity index (χ3v) is 8.24. The first-order chi connectivity index (χ1) is 9.95. The summed E-state index contributed by atoms with van der Waals surface area (Å²) in [6.45, 7) is 12.0. The van der Waals surface area contributed by atoms with Crippen molar-refractivity contribution in [1.29, 1.82) is 0 Å². The highest BCUT2D eigenvalue weighted by atomic mass is 14.6. The molecule has 0 heterocycles. The first-order valence-electron chi connectivity index (χ1n) is 9.34. The molecule has 0 aromatic carbocycles. The van der Waals surface area contributed by atoms with Crippen molar-refractivity contribution in [3.63, 3.8) is 0 Å². The molecule has 0 aromatic heterocycles. The van der Waals surface area contributed by atoms with Gasteiger partial charge in [0, 0.05) is 0 Å². The monoisotopic (exact) mass is 284 g/mol. The summed E-state index contributed by atoms with van der Waals surface area (Å²) in [5.74, 6) is 3.72. The Labute approximate surface area is 131 Å². The molecule has 3 saturated carbocycles. The van der Waals surface area contributed by atoms with E-state index in [1.54, 1.807) is 5.57 Å². The molecule has 0 nitrogen and oxygen atoms in total. The Morgan fingerprint density at radius 1 is 1.10 bits per heavy atom. The zero-order valence-electron chi connectivity index (χ0n) is 14.3. The molecule has 4 aliphatic rings. The molecule has 116 valence electrons. The molecule has 0 amide bonds. The summed E-state index contributed by atoms with van der Waals surface area (Å²) in [6, 6.07) is 0. The van der Waals surface area contributed by atoms with Gasteiger partial charge in [0.25, 0.3) is 0 Å².